The van der Waals surface area contributed by atoms with Crippen molar-refractivity contribution in [2.75, 3.05) is 24.3 Å². The van der Waals surface area contributed by atoms with Gasteiger partial charge in [0.2, 0.25) is 5.01 Å². The summed E-state index contributed by atoms with van der Waals surface area (Å²) in [5.74, 6) is 0.419. The van der Waals surface area contributed by atoms with Gasteiger partial charge in [-0.05, 0) is 56.2 Å². The SMILES string of the molecule is COc1ccc(NC(=O)N2CCC[C@H]2c2nnc(C(=O)Nc3ccc(C)cc3)s2)cc1. The smallest absolute Gasteiger partial charge is 0.322 e. The summed E-state index contributed by atoms with van der Waals surface area (Å²) in [6.45, 7) is 2.61. The molecule has 2 heterocycles. The topological polar surface area (TPSA) is 96.4 Å². The zero-order chi connectivity index (χ0) is 21.8. The summed E-state index contributed by atoms with van der Waals surface area (Å²) >= 11 is 1.22. The molecule has 3 amide bonds. The van der Waals surface area contributed by atoms with Gasteiger partial charge in [-0.15, -0.1) is 10.2 Å². The molecule has 1 fully saturated rings. The van der Waals surface area contributed by atoms with Gasteiger partial charge in [0.05, 0.1) is 13.2 Å². The number of hydrogen-bond acceptors (Lipinski definition) is 6. The van der Waals surface area contributed by atoms with Crippen LogP contribution in [0.2, 0.25) is 0 Å². The number of methoxy groups -OCH3 is 1. The van der Waals surface area contributed by atoms with E-state index in [4.69, 9.17) is 4.74 Å². The van der Waals surface area contributed by atoms with Crippen molar-refractivity contribution >= 4 is 34.6 Å². The van der Waals surface area contributed by atoms with E-state index >= 15 is 0 Å². The van der Waals surface area contributed by atoms with Crippen molar-refractivity contribution in [2.45, 2.75) is 25.8 Å². The number of ether oxygens (including phenoxy) is 1. The van der Waals surface area contributed by atoms with E-state index in [0.717, 1.165) is 24.2 Å². The molecule has 31 heavy (non-hydrogen) atoms. The van der Waals surface area contributed by atoms with E-state index in [2.05, 4.69) is 20.8 Å². The molecule has 3 aromatic rings. The molecule has 0 saturated carbocycles. The molecule has 160 valence electrons. The maximum atomic E-state index is 12.8. The van der Waals surface area contributed by atoms with E-state index in [1.54, 1.807) is 36.3 Å². The fraction of sp³-hybridized carbons (Fsp3) is 0.273. The van der Waals surface area contributed by atoms with Crippen molar-refractivity contribution in [2.24, 2.45) is 0 Å². The summed E-state index contributed by atoms with van der Waals surface area (Å²) < 4.78 is 5.14. The lowest BCUT2D eigenvalue weighted by Gasteiger charge is -2.23. The van der Waals surface area contributed by atoms with Gasteiger partial charge in [-0.3, -0.25) is 4.79 Å². The highest BCUT2D eigenvalue weighted by Crippen LogP contribution is 2.34. The number of aryl methyl sites for hydroxylation is 1. The van der Waals surface area contributed by atoms with Gasteiger partial charge in [0, 0.05) is 17.9 Å². The fourth-order valence-electron chi connectivity index (χ4n) is 3.42. The van der Waals surface area contributed by atoms with E-state index in [-0.39, 0.29) is 23.0 Å². The number of benzene rings is 2. The number of likely N-dealkylation sites (tertiary alicyclic amines) is 1. The summed E-state index contributed by atoms with van der Waals surface area (Å²) in [5.41, 5.74) is 2.51. The zero-order valence-electron chi connectivity index (χ0n) is 17.3. The predicted octanol–water partition coefficient (Wildman–Crippen LogP) is 4.48. The summed E-state index contributed by atoms with van der Waals surface area (Å²) in [5, 5.41) is 14.9. The van der Waals surface area contributed by atoms with Crippen molar-refractivity contribution in [3.8, 4) is 5.75 Å². The molecule has 0 spiro atoms. The largest absolute Gasteiger partial charge is 0.497 e. The van der Waals surface area contributed by atoms with Crippen LogP contribution in [0, 0.1) is 6.92 Å². The van der Waals surface area contributed by atoms with Crippen molar-refractivity contribution in [3.63, 3.8) is 0 Å². The molecule has 1 aliphatic heterocycles. The van der Waals surface area contributed by atoms with E-state index in [1.807, 2.05) is 31.2 Å². The van der Waals surface area contributed by atoms with E-state index in [1.165, 1.54) is 11.3 Å². The van der Waals surface area contributed by atoms with Gasteiger partial charge in [-0.25, -0.2) is 4.79 Å². The third-order valence-electron chi connectivity index (χ3n) is 5.08. The van der Waals surface area contributed by atoms with Gasteiger partial charge < -0.3 is 20.3 Å². The highest BCUT2D eigenvalue weighted by atomic mass is 32.1. The van der Waals surface area contributed by atoms with Crippen molar-refractivity contribution < 1.29 is 14.3 Å². The first kappa shape index (κ1) is 20.8. The number of anilines is 2. The standard InChI is InChI=1S/C22H23N5O3S/c1-14-5-7-15(8-6-14)23-19(28)21-26-25-20(31-21)18-4-3-13-27(18)22(29)24-16-9-11-17(30-2)12-10-16/h5-12,18H,3-4,13H2,1-2H3,(H,23,28)(H,24,29)/t18-/m0/s1. The Labute approximate surface area is 184 Å². The van der Waals surface area contributed by atoms with Crippen LogP contribution in [0.3, 0.4) is 0 Å². The van der Waals surface area contributed by atoms with Crippen molar-refractivity contribution in [1.29, 1.82) is 0 Å². The van der Waals surface area contributed by atoms with Gasteiger partial charge in [-0.1, -0.05) is 29.0 Å². The Hall–Kier alpha value is -3.46. The minimum Gasteiger partial charge on any atom is -0.497 e. The van der Waals surface area contributed by atoms with Crippen LogP contribution in [0.1, 0.15) is 39.3 Å². The van der Waals surface area contributed by atoms with E-state index in [9.17, 15) is 9.59 Å². The first-order valence-electron chi connectivity index (χ1n) is 9.96. The molecule has 2 N–H and O–H groups in total. The van der Waals surface area contributed by atoms with E-state index in [0.29, 0.717) is 22.9 Å². The Balaban J connectivity index is 1.42. The Morgan fingerprint density at radius 1 is 1.03 bits per heavy atom. The quantitative estimate of drug-likeness (QED) is 0.614. The Kier molecular flexibility index (Phi) is 6.13. The van der Waals surface area contributed by atoms with Gasteiger partial charge in [0.25, 0.3) is 5.91 Å². The lowest BCUT2D eigenvalue weighted by molar-refractivity contribution is 0.102. The molecule has 0 radical (unpaired) electrons. The molecule has 0 unspecified atom stereocenters. The fourth-order valence-corrected chi connectivity index (χ4v) is 4.30. The number of hydrogen-bond donors (Lipinski definition) is 2. The van der Waals surface area contributed by atoms with Crippen LogP contribution < -0.4 is 15.4 Å². The van der Waals surface area contributed by atoms with Gasteiger partial charge >= 0.3 is 6.03 Å². The second kappa shape index (κ2) is 9.13. The molecular formula is C22H23N5O3S. The molecule has 1 aliphatic rings. The molecule has 9 heteroatoms. The molecular weight excluding hydrogens is 414 g/mol. The number of rotatable bonds is 5. The molecule has 0 aliphatic carbocycles. The lowest BCUT2D eigenvalue weighted by atomic mass is 10.2. The number of amides is 3. The number of nitrogens with one attached hydrogen (secondary N) is 2. The van der Waals surface area contributed by atoms with Crippen LogP contribution in [0.25, 0.3) is 0 Å². The molecule has 2 aromatic carbocycles. The number of carbonyl (C=O) groups excluding carboxylic acids is 2. The van der Waals surface area contributed by atoms with Gasteiger partial charge in [0.15, 0.2) is 0 Å². The number of nitrogens with zero attached hydrogens (tertiary/aromatic N) is 3. The third kappa shape index (κ3) is 4.83. The molecule has 1 aromatic heterocycles. The van der Waals surface area contributed by atoms with Gasteiger partial charge in [0.1, 0.15) is 10.8 Å². The number of carbonyl (C=O) groups is 2. The highest BCUT2D eigenvalue weighted by molar-refractivity contribution is 7.13. The van der Waals surface area contributed by atoms with Crippen LogP contribution >= 0.6 is 11.3 Å². The average molecular weight is 438 g/mol. The van der Waals surface area contributed by atoms with Crippen LogP contribution in [0.4, 0.5) is 16.2 Å². The summed E-state index contributed by atoms with van der Waals surface area (Å²) in [7, 11) is 1.60. The molecule has 1 saturated heterocycles. The Morgan fingerprint density at radius 2 is 1.71 bits per heavy atom. The van der Waals surface area contributed by atoms with E-state index < -0.39 is 0 Å². The number of aromatic nitrogens is 2. The van der Waals surface area contributed by atoms with Crippen molar-refractivity contribution in [3.05, 3.63) is 64.1 Å². The maximum absolute atomic E-state index is 12.8. The Morgan fingerprint density at radius 3 is 2.42 bits per heavy atom. The minimum atomic E-state index is -0.306. The molecule has 8 nitrogen and oxygen atoms in total. The summed E-state index contributed by atoms with van der Waals surface area (Å²) in [6, 6.07) is 14.3. The van der Waals surface area contributed by atoms with Gasteiger partial charge in [-0.2, -0.15) is 0 Å². The minimum absolute atomic E-state index is 0.198. The zero-order valence-corrected chi connectivity index (χ0v) is 18.1. The van der Waals surface area contributed by atoms with Crippen LogP contribution in [-0.4, -0.2) is 40.7 Å². The van der Waals surface area contributed by atoms with Crippen LogP contribution in [-0.2, 0) is 0 Å². The predicted molar refractivity (Wildman–Crippen MR) is 120 cm³/mol. The number of urea groups is 1. The lowest BCUT2D eigenvalue weighted by Crippen LogP contribution is -2.34. The molecule has 0 bridgehead atoms. The second-order valence-electron chi connectivity index (χ2n) is 7.28. The molecule has 1 atom stereocenters. The first-order chi connectivity index (χ1) is 15.0. The third-order valence-corrected chi connectivity index (χ3v) is 6.11. The summed E-state index contributed by atoms with van der Waals surface area (Å²) in [6.07, 6.45) is 1.65. The summed E-state index contributed by atoms with van der Waals surface area (Å²) in [4.78, 5) is 27.1. The Bertz CT molecular complexity index is 1070. The molecule has 4 rings (SSSR count). The average Bonchev–Trinajstić information content (AvgIpc) is 3.45. The van der Waals surface area contributed by atoms with Crippen LogP contribution in [0.5, 0.6) is 5.75 Å². The second-order valence-corrected chi connectivity index (χ2v) is 8.28. The van der Waals surface area contributed by atoms with Crippen LogP contribution in [0.15, 0.2) is 48.5 Å². The normalized spacial score (nSPS) is 15.5. The van der Waals surface area contributed by atoms with Crippen molar-refractivity contribution in [1.82, 2.24) is 15.1 Å². The highest BCUT2D eigenvalue weighted by Gasteiger charge is 2.33. The maximum Gasteiger partial charge on any atom is 0.322 e. The monoisotopic (exact) mass is 437 g/mol. The first-order valence-corrected chi connectivity index (χ1v) is 10.8.